The highest BCUT2D eigenvalue weighted by Crippen LogP contribution is 2.40. The molecule has 0 radical (unpaired) electrons. The number of carbonyl (C=O) groups is 3. The predicted octanol–water partition coefficient (Wildman–Crippen LogP) is 2.03. The maximum absolute atomic E-state index is 13.3. The zero-order valence-electron chi connectivity index (χ0n) is 16.2. The van der Waals surface area contributed by atoms with Crippen molar-refractivity contribution in [2.75, 3.05) is 24.1 Å². The molecule has 0 aromatic heterocycles. The van der Waals surface area contributed by atoms with Crippen LogP contribution in [0.15, 0.2) is 53.6 Å². The number of hydrogen-bond acceptors (Lipinski definition) is 7. The minimum Gasteiger partial charge on any atom is -0.497 e. The first kappa shape index (κ1) is 18.7. The maximum atomic E-state index is 13.3. The normalized spacial score (nSPS) is 20.6. The number of rotatable bonds is 5. The molecule has 2 aromatic carbocycles. The molecule has 2 aliphatic heterocycles. The smallest absolute Gasteiger partial charge is 0.260 e. The number of para-hydroxylation sites is 2. The van der Waals surface area contributed by atoms with E-state index in [1.165, 1.54) is 19.0 Å². The molecule has 0 N–H and O–H groups in total. The van der Waals surface area contributed by atoms with Crippen molar-refractivity contribution in [3.05, 3.63) is 48.5 Å². The maximum Gasteiger partial charge on any atom is 0.260 e. The van der Waals surface area contributed by atoms with E-state index in [-0.39, 0.29) is 11.5 Å². The van der Waals surface area contributed by atoms with Crippen LogP contribution in [-0.4, -0.2) is 43.6 Å². The van der Waals surface area contributed by atoms with Crippen LogP contribution >= 0.6 is 0 Å². The van der Waals surface area contributed by atoms with Crippen molar-refractivity contribution < 1.29 is 23.9 Å². The zero-order valence-corrected chi connectivity index (χ0v) is 16.2. The molecule has 1 fully saturated rings. The second-order valence-corrected chi connectivity index (χ2v) is 6.69. The van der Waals surface area contributed by atoms with Gasteiger partial charge >= 0.3 is 0 Å². The Labute approximate surface area is 167 Å². The van der Waals surface area contributed by atoms with Crippen LogP contribution in [0, 0.1) is 5.92 Å². The summed E-state index contributed by atoms with van der Waals surface area (Å²) in [6.07, 6.45) is 0. The number of imide groups is 1. The second-order valence-electron chi connectivity index (χ2n) is 6.69. The summed E-state index contributed by atoms with van der Waals surface area (Å²) in [6, 6.07) is 12.8. The first-order valence-corrected chi connectivity index (χ1v) is 9.01. The van der Waals surface area contributed by atoms with Crippen LogP contribution < -0.4 is 19.4 Å². The summed E-state index contributed by atoms with van der Waals surface area (Å²) >= 11 is 0. The van der Waals surface area contributed by atoms with Crippen molar-refractivity contribution in [3.63, 3.8) is 0 Å². The van der Waals surface area contributed by atoms with Gasteiger partial charge in [0.2, 0.25) is 5.91 Å². The van der Waals surface area contributed by atoms with Gasteiger partial charge in [-0.25, -0.2) is 4.90 Å². The van der Waals surface area contributed by atoms with Crippen LogP contribution in [0.4, 0.5) is 11.4 Å². The summed E-state index contributed by atoms with van der Waals surface area (Å²) in [5, 5.41) is 5.77. The Kier molecular flexibility index (Phi) is 4.54. The van der Waals surface area contributed by atoms with E-state index < -0.39 is 23.8 Å². The van der Waals surface area contributed by atoms with E-state index in [0.29, 0.717) is 22.9 Å². The SMILES string of the molecule is COc1ccc(N2N=C(C(C)=O)[C@H]3C(=O)N(c4ccccc4OC)C(=O)[C@@H]32)cc1. The third-order valence-corrected chi connectivity index (χ3v) is 5.07. The van der Waals surface area contributed by atoms with E-state index in [4.69, 9.17) is 9.47 Å². The van der Waals surface area contributed by atoms with Gasteiger partial charge in [-0.05, 0) is 36.4 Å². The Morgan fingerprint density at radius 3 is 2.28 bits per heavy atom. The van der Waals surface area contributed by atoms with E-state index in [0.717, 1.165) is 4.90 Å². The molecule has 0 saturated carbocycles. The number of carbonyl (C=O) groups excluding carboxylic acids is 3. The summed E-state index contributed by atoms with van der Waals surface area (Å²) in [5.41, 5.74) is 0.999. The fourth-order valence-corrected chi connectivity index (χ4v) is 3.70. The van der Waals surface area contributed by atoms with E-state index in [2.05, 4.69) is 5.10 Å². The number of benzene rings is 2. The number of anilines is 2. The van der Waals surface area contributed by atoms with E-state index in [1.807, 2.05) is 0 Å². The Balaban J connectivity index is 1.79. The average molecular weight is 393 g/mol. The molecule has 0 aliphatic carbocycles. The molecule has 29 heavy (non-hydrogen) atoms. The molecule has 2 aliphatic rings. The number of hydrazone groups is 1. The van der Waals surface area contributed by atoms with Crippen LogP contribution in [0.25, 0.3) is 0 Å². The largest absolute Gasteiger partial charge is 0.497 e. The van der Waals surface area contributed by atoms with E-state index in [9.17, 15) is 14.4 Å². The van der Waals surface area contributed by atoms with Crippen molar-refractivity contribution in [1.29, 1.82) is 0 Å². The lowest BCUT2D eigenvalue weighted by atomic mass is 9.95. The third-order valence-electron chi connectivity index (χ3n) is 5.07. The molecule has 8 nitrogen and oxygen atoms in total. The monoisotopic (exact) mass is 393 g/mol. The highest BCUT2D eigenvalue weighted by molar-refractivity contribution is 6.49. The number of amides is 2. The number of hydrogen-bond donors (Lipinski definition) is 0. The highest BCUT2D eigenvalue weighted by Gasteiger charge is 2.58. The summed E-state index contributed by atoms with van der Waals surface area (Å²) in [7, 11) is 3.02. The van der Waals surface area contributed by atoms with Gasteiger partial charge in [-0.2, -0.15) is 5.10 Å². The molecular weight excluding hydrogens is 374 g/mol. The summed E-state index contributed by atoms with van der Waals surface area (Å²) in [6.45, 7) is 1.34. The van der Waals surface area contributed by atoms with E-state index in [1.54, 1.807) is 55.6 Å². The lowest BCUT2D eigenvalue weighted by Crippen LogP contribution is -2.39. The van der Waals surface area contributed by atoms with E-state index >= 15 is 0 Å². The summed E-state index contributed by atoms with van der Waals surface area (Å²) in [5.74, 6) is -1.22. The number of ether oxygens (including phenoxy) is 2. The second kappa shape index (κ2) is 7.05. The lowest BCUT2D eigenvalue weighted by molar-refractivity contribution is -0.122. The standard InChI is InChI=1S/C21H19N3O5/c1-12(25)18-17-19(24(22-18)13-8-10-14(28-2)11-9-13)21(27)23(20(17)26)15-6-4-5-7-16(15)29-3/h4-11,17,19H,1-3H3/t17-,19-/m1/s1. The van der Waals surface area contributed by atoms with Gasteiger partial charge in [-0.3, -0.25) is 19.4 Å². The highest BCUT2D eigenvalue weighted by atomic mass is 16.5. The van der Waals surface area contributed by atoms with Gasteiger partial charge in [0.05, 0.1) is 25.6 Å². The molecule has 0 unspecified atom stereocenters. The minimum absolute atomic E-state index is 0.0709. The first-order valence-electron chi connectivity index (χ1n) is 9.01. The molecule has 2 aromatic rings. The van der Waals surface area contributed by atoms with Crippen molar-refractivity contribution in [2.45, 2.75) is 13.0 Å². The van der Waals surface area contributed by atoms with Crippen molar-refractivity contribution >= 4 is 34.7 Å². The van der Waals surface area contributed by atoms with Gasteiger partial charge in [0.25, 0.3) is 5.91 Å². The third kappa shape index (κ3) is 2.84. The number of methoxy groups -OCH3 is 2. The Hall–Kier alpha value is -3.68. The van der Waals surface area contributed by atoms with Crippen LogP contribution in [0.5, 0.6) is 11.5 Å². The molecular formula is C21H19N3O5. The molecule has 2 heterocycles. The van der Waals surface area contributed by atoms with Gasteiger partial charge < -0.3 is 9.47 Å². The molecule has 2 atom stereocenters. The fraction of sp³-hybridized carbons (Fsp3) is 0.238. The first-order chi connectivity index (χ1) is 14.0. The molecule has 8 heteroatoms. The average Bonchev–Trinajstić information content (AvgIpc) is 3.25. The van der Waals surface area contributed by atoms with Gasteiger partial charge in [0, 0.05) is 6.92 Å². The molecule has 2 amide bonds. The van der Waals surface area contributed by atoms with Crippen molar-refractivity contribution in [2.24, 2.45) is 11.0 Å². The molecule has 0 spiro atoms. The Bertz CT molecular complexity index is 1030. The quantitative estimate of drug-likeness (QED) is 0.723. The zero-order chi connectivity index (χ0) is 20.7. The van der Waals surface area contributed by atoms with Crippen molar-refractivity contribution in [3.8, 4) is 11.5 Å². The Morgan fingerprint density at radius 2 is 1.66 bits per heavy atom. The molecule has 0 bridgehead atoms. The summed E-state index contributed by atoms with van der Waals surface area (Å²) in [4.78, 5) is 39.9. The topological polar surface area (TPSA) is 88.5 Å². The van der Waals surface area contributed by atoms with Crippen LogP contribution in [-0.2, 0) is 14.4 Å². The number of fused-ring (bicyclic) bond motifs is 1. The van der Waals surface area contributed by atoms with Crippen LogP contribution in [0.2, 0.25) is 0 Å². The minimum atomic E-state index is -0.966. The number of ketones is 1. The summed E-state index contributed by atoms with van der Waals surface area (Å²) < 4.78 is 10.5. The van der Waals surface area contributed by atoms with Gasteiger partial charge in [0.15, 0.2) is 5.78 Å². The van der Waals surface area contributed by atoms with Crippen LogP contribution in [0.3, 0.4) is 0 Å². The molecule has 148 valence electrons. The molecule has 4 rings (SSSR count). The van der Waals surface area contributed by atoms with Gasteiger partial charge in [-0.15, -0.1) is 0 Å². The van der Waals surface area contributed by atoms with Gasteiger partial charge in [-0.1, -0.05) is 12.1 Å². The Morgan fingerprint density at radius 1 is 0.966 bits per heavy atom. The molecule has 1 saturated heterocycles. The van der Waals surface area contributed by atoms with Crippen LogP contribution in [0.1, 0.15) is 6.92 Å². The number of Topliss-reactive ketones (excluding diaryl/α,β-unsaturated/α-hetero) is 1. The van der Waals surface area contributed by atoms with Gasteiger partial charge in [0.1, 0.15) is 29.2 Å². The predicted molar refractivity (Wildman–Crippen MR) is 106 cm³/mol. The lowest BCUT2D eigenvalue weighted by Gasteiger charge is -2.23. The fourth-order valence-electron chi connectivity index (χ4n) is 3.70. The number of nitrogens with zero attached hydrogens (tertiary/aromatic N) is 3. The van der Waals surface area contributed by atoms with Crippen molar-refractivity contribution in [1.82, 2.24) is 0 Å².